The molecule has 1 aromatic heterocycles. The van der Waals surface area contributed by atoms with Crippen LogP contribution < -0.4 is 5.32 Å². The van der Waals surface area contributed by atoms with Crippen LogP contribution in [-0.2, 0) is 7.05 Å². The van der Waals surface area contributed by atoms with Crippen molar-refractivity contribution in [3.63, 3.8) is 0 Å². The fraction of sp³-hybridized carbons (Fsp3) is 0.533. The Morgan fingerprint density at radius 1 is 1.24 bits per heavy atom. The van der Waals surface area contributed by atoms with Gasteiger partial charge in [-0.05, 0) is 23.6 Å². The lowest BCUT2D eigenvalue weighted by Gasteiger charge is -2.41. The van der Waals surface area contributed by atoms with Gasteiger partial charge in [-0.15, -0.1) is 10.2 Å². The molecule has 2 aliphatic rings. The number of nitrogens with one attached hydrogen (secondary N) is 1. The second-order valence-electron chi connectivity index (χ2n) is 6.04. The van der Waals surface area contributed by atoms with Crippen LogP contribution in [0, 0.1) is 0 Å². The van der Waals surface area contributed by atoms with Gasteiger partial charge < -0.3 is 5.32 Å². The number of piperazine rings is 1. The van der Waals surface area contributed by atoms with Gasteiger partial charge in [0.1, 0.15) is 6.04 Å². The number of hydrogen-bond acceptors (Lipinski definition) is 5. The first-order valence-corrected chi connectivity index (χ1v) is 7.55. The third-order valence-corrected chi connectivity index (χ3v) is 4.62. The van der Waals surface area contributed by atoms with E-state index >= 15 is 0 Å². The molecule has 1 unspecified atom stereocenters. The lowest BCUT2D eigenvalue weighted by Crippen LogP contribution is -2.54. The maximum Gasteiger partial charge on any atom is 0.196 e. The predicted octanol–water partition coefficient (Wildman–Crippen LogP) is 0.737. The van der Waals surface area contributed by atoms with Crippen molar-refractivity contribution >= 4 is 0 Å². The molecule has 6 nitrogen and oxygen atoms in total. The third kappa shape index (κ3) is 2.24. The highest BCUT2D eigenvalue weighted by atomic mass is 15.6. The van der Waals surface area contributed by atoms with Crippen molar-refractivity contribution in [1.29, 1.82) is 0 Å². The SMILES string of the molecule is Cn1nnc(C(c2ccccc2)N2CCNCC23CC3)n1. The van der Waals surface area contributed by atoms with Crippen molar-refractivity contribution < 1.29 is 0 Å². The number of aromatic nitrogens is 4. The summed E-state index contributed by atoms with van der Waals surface area (Å²) in [5.41, 5.74) is 1.54. The molecule has 1 spiro atoms. The van der Waals surface area contributed by atoms with Crippen molar-refractivity contribution in [2.45, 2.75) is 24.4 Å². The quantitative estimate of drug-likeness (QED) is 0.901. The zero-order chi connectivity index (χ0) is 14.3. The van der Waals surface area contributed by atoms with Gasteiger partial charge in [-0.25, -0.2) is 0 Å². The Balaban J connectivity index is 1.76. The zero-order valence-corrected chi connectivity index (χ0v) is 12.2. The van der Waals surface area contributed by atoms with Gasteiger partial charge >= 0.3 is 0 Å². The molecule has 2 heterocycles. The Morgan fingerprint density at radius 3 is 2.71 bits per heavy atom. The summed E-state index contributed by atoms with van der Waals surface area (Å²) >= 11 is 0. The number of rotatable bonds is 3. The topological polar surface area (TPSA) is 58.9 Å². The number of aryl methyl sites for hydroxylation is 1. The van der Waals surface area contributed by atoms with E-state index in [1.54, 1.807) is 4.80 Å². The Morgan fingerprint density at radius 2 is 2.05 bits per heavy atom. The van der Waals surface area contributed by atoms with Gasteiger partial charge in [0.2, 0.25) is 0 Å². The first kappa shape index (κ1) is 12.9. The van der Waals surface area contributed by atoms with Crippen LogP contribution in [0.25, 0.3) is 0 Å². The van der Waals surface area contributed by atoms with Crippen LogP contribution in [0.5, 0.6) is 0 Å². The number of benzene rings is 1. The van der Waals surface area contributed by atoms with Crippen LogP contribution >= 0.6 is 0 Å². The molecular weight excluding hydrogens is 264 g/mol. The molecule has 1 aliphatic heterocycles. The molecule has 1 aromatic carbocycles. The van der Waals surface area contributed by atoms with E-state index in [2.05, 4.69) is 56.0 Å². The van der Waals surface area contributed by atoms with Crippen LogP contribution in [0.2, 0.25) is 0 Å². The predicted molar refractivity (Wildman–Crippen MR) is 78.6 cm³/mol. The minimum Gasteiger partial charge on any atom is -0.314 e. The van der Waals surface area contributed by atoms with Gasteiger partial charge in [-0.3, -0.25) is 4.90 Å². The summed E-state index contributed by atoms with van der Waals surface area (Å²) < 4.78 is 0. The number of nitrogens with zero attached hydrogens (tertiary/aromatic N) is 5. The number of tetrazole rings is 1. The summed E-state index contributed by atoms with van der Waals surface area (Å²) in [5, 5.41) is 16.4. The van der Waals surface area contributed by atoms with Crippen molar-refractivity contribution in [2.24, 2.45) is 7.05 Å². The molecule has 0 radical (unpaired) electrons. The summed E-state index contributed by atoms with van der Waals surface area (Å²) in [6.07, 6.45) is 2.51. The van der Waals surface area contributed by atoms with Gasteiger partial charge in [0.25, 0.3) is 0 Å². The van der Waals surface area contributed by atoms with E-state index in [0.29, 0.717) is 0 Å². The maximum absolute atomic E-state index is 4.49. The Kier molecular flexibility index (Phi) is 3.01. The average molecular weight is 284 g/mol. The minimum atomic E-state index is 0.101. The van der Waals surface area contributed by atoms with Crippen molar-refractivity contribution in [2.75, 3.05) is 19.6 Å². The fourth-order valence-electron chi connectivity index (χ4n) is 3.38. The third-order valence-electron chi connectivity index (χ3n) is 4.62. The Bertz CT molecular complexity index is 618. The van der Waals surface area contributed by atoms with Gasteiger partial charge in [0, 0.05) is 25.2 Å². The second kappa shape index (κ2) is 4.89. The molecule has 1 saturated carbocycles. The van der Waals surface area contributed by atoms with Crippen molar-refractivity contribution in [1.82, 2.24) is 30.4 Å². The Hall–Kier alpha value is -1.79. The van der Waals surface area contributed by atoms with E-state index in [4.69, 9.17) is 0 Å². The zero-order valence-electron chi connectivity index (χ0n) is 12.2. The molecule has 110 valence electrons. The minimum absolute atomic E-state index is 0.101. The largest absolute Gasteiger partial charge is 0.314 e. The lowest BCUT2D eigenvalue weighted by atomic mass is 10.00. The molecule has 0 amide bonds. The van der Waals surface area contributed by atoms with Crippen LogP contribution in [0.1, 0.15) is 30.3 Å². The first-order chi connectivity index (χ1) is 10.3. The van der Waals surface area contributed by atoms with Crippen LogP contribution in [0.4, 0.5) is 0 Å². The molecule has 1 atom stereocenters. The molecule has 2 fully saturated rings. The maximum atomic E-state index is 4.49. The standard InChI is InChI=1S/C15H20N6/c1-20-18-14(17-19-20)13(12-5-3-2-4-6-12)21-10-9-16-11-15(21)7-8-15/h2-6,13,16H,7-11H2,1H3. The van der Waals surface area contributed by atoms with E-state index in [9.17, 15) is 0 Å². The fourth-order valence-corrected chi connectivity index (χ4v) is 3.38. The summed E-state index contributed by atoms with van der Waals surface area (Å²) in [6.45, 7) is 3.11. The van der Waals surface area contributed by atoms with Gasteiger partial charge in [0.05, 0.1) is 7.05 Å². The first-order valence-electron chi connectivity index (χ1n) is 7.55. The summed E-state index contributed by atoms with van der Waals surface area (Å²) in [6, 6.07) is 10.7. The van der Waals surface area contributed by atoms with Crippen LogP contribution in [0.3, 0.4) is 0 Å². The van der Waals surface area contributed by atoms with Gasteiger partial charge in [-0.1, -0.05) is 30.3 Å². The van der Waals surface area contributed by atoms with E-state index in [-0.39, 0.29) is 11.6 Å². The highest BCUT2D eigenvalue weighted by Gasteiger charge is 2.52. The van der Waals surface area contributed by atoms with E-state index in [1.807, 2.05) is 7.05 Å². The average Bonchev–Trinajstić information content (AvgIpc) is 3.15. The Labute approximate surface area is 124 Å². The molecule has 1 saturated heterocycles. The second-order valence-corrected chi connectivity index (χ2v) is 6.04. The summed E-state index contributed by atoms with van der Waals surface area (Å²) in [5.74, 6) is 0.803. The molecule has 1 N–H and O–H groups in total. The molecule has 6 heteroatoms. The summed E-state index contributed by atoms with van der Waals surface area (Å²) in [4.78, 5) is 4.13. The van der Waals surface area contributed by atoms with Gasteiger partial charge in [0.15, 0.2) is 5.82 Å². The van der Waals surface area contributed by atoms with Crippen molar-refractivity contribution in [3.05, 3.63) is 41.7 Å². The molecule has 4 rings (SSSR count). The number of hydrogen-bond donors (Lipinski definition) is 1. The monoisotopic (exact) mass is 284 g/mol. The molecule has 2 aromatic rings. The van der Waals surface area contributed by atoms with E-state index < -0.39 is 0 Å². The normalized spacial score (nSPS) is 22.3. The van der Waals surface area contributed by atoms with Gasteiger partial charge in [-0.2, -0.15) is 4.80 Å². The van der Waals surface area contributed by atoms with Crippen LogP contribution in [0.15, 0.2) is 30.3 Å². The smallest absolute Gasteiger partial charge is 0.196 e. The van der Waals surface area contributed by atoms with E-state index in [0.717, 1.165) is 25.5 Å². The van der Waals surface area contributed by atoms with E-state index in [1.165, 1.54) is 18.4 Å². The lowest BCUT2D eigenvalue weighted by molar-refractivity contribution is 0.103. The van der Waals surface area contributed by atoms with Crippen LogP contribution in [-0.4, -0.2) is 50.3 Å². The molecule has 1 aliphatic carbocycles. The van der Waals surface area contributed by atoms with Crippen molar-refractivity contribution in [3.8, 4) is 0 Å². The molecule has 21 heavy (non-hydrogen) atoms. The summed E-state index contributed by atoms with van der Waals surface area (Å²) in [7, 11) is 1.82. The molecule has 0 bridgehead atoms. The highest BCUT2D eigenvalue weighted by molar-refractivity contribution is 5.27. The highest BCUT2D eigenvalue weighted by Crippen LogP contribution is 2.47. The molecular formula is C15H20N6.